The standard InChI is InChI=1S/C49H47F3N2O5/c1-3-40(41-25-24-39(26-34(41)2)42-27-54-44(28-53-42)49(50,51)52)45-47(57-31-37-20-12-6-13-21-37)48(58-32-38-22-14-7-15-23-38)46(56-30-36-18-10-5-11-19-36)43(59-45)33-55-29-35-16-8-4-9-17-35/h3-28,40,43,45-48H,1,29-33H2,2H3/t40?,43-,45-,46-,47-,48+/m1/s1. The summed E-state index contributed by atoms with van der Waals surface area (Å²) in [5.41, 5.74) is 5.67. The quantitative estimate of drug-likeness (QED) is 0.0851. The van der Waals surface area contributed by atoms with Crippen LogP contribution in [-0.2, 0) is 56.3 Å². The summed E-state index contributed by atoms with van der Waals surface area (Å²) >= 11 is 0. The van der Waals surface area contributed by atoms with Crippen LogP contribution < -0.4 is 0 Å². The summed E-state index contributed by atoms with van der Waals surface area (Å²) < 4.78 is 74.0. The van der Waals surface area contributed by atoms with Crippen LogP contribution in [0.5, 0.6) is 0 Å². The van der Waals surface area contributed by atoms with E-state index in [4.69, 9.17) is 23.7 Å². The number of halogens is 3. The third-order valence-electron chi connectivity index (χ3n) is 10.4. The maximum absolute atomic E-state index is 13.2. The Kier molecular flexibility index (Phi) is 14.1. The molecule has 7 rings (SSSR count). The molecule has 304 valence electrons. The first-order valence-corrected chi connectivity index (χ1v) is 19.6. The van der Waals surface area contributed by atoms with Crippen LogP contribution in [0.3, 0.4) is 0 Å². The van der Waals surface area contributed by atoms with E-state index >= 15 is 0 Å². The van der Waals surface area contributed by atoms with Gasteiger partial charge in [-0.2, -0.15) is 13.2 Å². The first kappa shape index (κ1) is 41.7. The fraction of sp³-hybridized carbons (Fsp3) is 0.265. The number of hydrogen-bond donors (Lipinski definition) is 0. The van der Waals surface area contributed by atoms with E-state index in [9.17, 15) is 13.2 Å². The van der Waals surface area contributed by atoms with Gasteiger partial charge in [0.15, 0.2) is 5.69 Å². The van der Waals surface area contributed by atoms with Gasteiger partial charge in [0.05, 0.1) is 57.2 Å². The number of aromatic nitrogens is 2. The highest BCUT2D eigenvalue weighted by Crippen LogP contribution is 2.39. The zero-order chi connectivity index (χ0) is 41.0. The van der Waals surface area contributed by atoms with Gasteiger partial charge in [-0.3, -0.25) is 4.98 Å². The van der Waals surface area contributed by atoms with Crippen molar-refractivity contribution in [3.05, 3.63) is 204 Å². The number of hydrogen-bond acceptors (Lipinski definition) is 7. The zero-order valence-corrected chi connectivity index (χ0v) is 32.8. The third-order valence-corrected chi connectivity index (χ3v) is 10.4. The van der Waals surface area contributed by atoms with E-state index < -0.39 is 48.3 Å². The van der Waals surface area contributed by atoms with Gasteiger partial charge in [-0.15, -0.1) is 6.58 Å². The lowest BCUT2D eigenvalue weighted by molar-refractivity contribution is -0.274. The molecule has 1 unspecified atom stereocenters. The van der Waals surface area contributed by atoms with Crippen molar-refractivity contribution < 1.29 is 36.9 Å². The van der Waals surface area contributed by atoms with Crippen LogP contribution in [0.25, 0.3) is 11.3 Å². The number of rotatable bonds is 17. The van der Waals surface area contributed by atoms with Crippen LogP contribution in [0, 0.1) is 6.92 Å². The Morgan fingerprint density at radius 2 is 1.15 bits per heavy atom. The molecule has 2 heterocycles. The Bertz CT molecular complexity index is 2190. The predicted molar refractivity (Wildman–Crippen MR) is 220 cm³/mol. The fourth-order valence-corrected chi connectivity index (χ4v) is 7.38. The van der Waals surface area contributed by atoms with Crippen LogP contribution in [0.2, 0.25) is 0 Å². The molecule has 5 aromatic carbocycles. The van der Waals surface area contributed by atoms with Gasteiger partial charge in [-0.1, -0.05) is 140 Å². The van der Waals surface area contributed by atoms with Crippen LogP contribution in [0.4, 0.5) is 13.2 Å². The summed E-state index contributed by atoms with van der Waals surface area (Å²) in [7, 11) is 0. The second-order valence-corrected chi connectivity index (χ2v) is 14.5. The smallest absolute Gasteiger partial charge is 0.374 e. The van der Waals surface area contributed by atoms with E-state index in [0.29, 0.717) is 31.1 Å². The predicted octanol–water partition coefficient (Wildman–Crippen LogP) is 10.5. The number of benzene rings is 5. The fourth-order valence-electron chi connectivity index (χ4n) is 7.38. The monoisotopic (exact) mass is 800 g/mol. The molecular weight excluding hydrogens is 754 g/mol. The molecule has 1 aromatic heterocycles. The molecule has 0 spiro atoms. The average molecular weight is 801 g/mol. The van der Waals surface area contributed by atoms with Crippen LogP contribution in [0.1, 0.15) is 45.0 Å². The molecule has 7 nitrogen and oxygen atoms in total. The highest BCUT2D eigenvalue weighted by atomic mass is 19.4. The number of ether oxygens (including phenoxy) is 5. The summed E-state index contributed by atoms with van der Waals surface area (Å²) in [6.45, 7) is 7.71. The Hall–Kier alpha value is -5.49. The first-order chi connectivity index (χ1) is 28.8. The van der Waals surface area contributed by atoms with E-state index in [2.05, 4.69) is 16.5 Å². The molecule has 1 aliphatic rings. The molecular formula is C49H47F3N2O5. The van der Waals surface area contributed by atoms with Gasteiger partial charge in [0.1, 0.15) is 24.4 Å². The third kappa shape index (κ3) is 11.0. The molecule has 0 saturated carbocycles. The Morgan fingerprint density at radius 3 is 1.63 bits per heavy atom. The van der Waals surface area contributed by atoms with Gasteiger partial charge in [0, 0.05) is 11.5 Å². The normalized spacial score (nSPS) is 19.9. The summed E-state index contributed by atoms with van der Waals surface area (Å²) in [4.78, 5) is 7.70. The van der Waals surface area contributed by atoms with Crippen molar-refractivity contribution in [2.45, 2.75) is 76.0 Å². The van der Waals surface area contributed by atoms with E-state index in [0.717, 1.165) is 45.8 Å². The van der Waals surface area contributed by atoms with E-state index in [1.54, 1.807) is 0 Å². The summed E-state index contributed by atoms with van der Waals surface area (Å²) in [6, 6.07) is 45.5. The average Bonchev–Trinajstić information content (AvgIpc) is 3.26. The SMILES string of the molecule is C=CC(c1ccc(-c2cnc(C(F)(F)F)cn2)cc1C)[C@H]1O[C@H](COCc2ccccc2)[C@@H](OCc2ccccc2)[C@H](OCc2ccccc2)[C@@H]1OCc1ccccc1. The molecule has 10 heteroatoms. The Labute approximate surface area is 343 Å². The summed E-state index contributed by atoms with van der Waals surface area (Å²) in [5, 5.41) is 0. The highest BCUT2D eigenvalue weighted by Gasteiger charge is 2.50. The van der Waals surface area contributed by atoms with Crippen molar-refractivity contribution in [2.24, 2.45) is 0 Å². The Morgan fingerprint density at radius 1 is 0.644 bits per heavy atom. The molecule has 0 amide bonds. The summed E-state index contributed by atoms with van der Waals surface area (Å²) in [5.74, 6) is -0.418. The van der Waals surface area contributed by atoms with Gasteiger partial charge in [0.2, 0.25) is 0 Å². The van der Waals surface area contributed by atoms with Gasteiger partial charge < -0.3 is 23.7 Å². The molecule has 6 aromatic rings. The minimum atomic E-state index is -4.58. The molecule has 1 fully saturated rings. The van der Waals surface area contributed by atoms with Crippen molar-refractivity contribution >= 4 is 0 Å². The summed E-state index contributed by atoms with van der Waals surface area (Å²) in [6.07, 6.45) is -3.96. The molecule has 6 atom stereocenters. The zero-order valence-electron chi connectivity index (χ0n) is 32.8. The Balaban J connectivity index is 1.26. The van der Waals surface area contributed by atoms with Gasteiger partial charge >= 0.3 is 6.18 Å². The lowest BCUT2D eigenvalue weighted by Crippen LogP contribution is -2.62. The lowest BCUT2D eigenvalue weighted by Gasteiger charge is -2.48. The largest absolute Gasteiger partial charge is 0.434 e. The second kappa shape index (κ2) is 20.0. The maximum Gasteiger partial charge on any atom is 0.434 e. The molecule has 0 N–H and O–H groups in total. The molecule has 59 heavy (non-hydrogen) atoms. The van der Waals surface area contributed by atoms with E-state index in [-0.39, 0.29) is 13.2 Å². The van der Waals surface area contributed by atoms with Crippen LogP contribution in [0.15, 0.2) is 165 Å². The van der Waals surface area contributed by atoms with Crippen molar-refractivity contribution in [2.75, 3.05) is 6.61 Å². The van der Waals surface area contributed by atoms with Crippen molar-refractivity contribution in [1.29, 1.82) is 0 Å². The molecule has 1 aliphatic heterocycles. The van der Waals surface area contributed by atoms with Gasteiger partial charge in [-0.25, -0.2) is 4.98 Å². The maximum atomic E-state index is 13.2. The van der Waals surface area contributed by atoms with E-state index in [1.165, 1.54) is 0 Å². The molecule has 0 radical (unpaired) electrons. The van der Waals surface area contributed by atoms with E-state index in [1.807, 2.05) is 153 Å². The lowest BCUT2D eigenvalue weighted by atomic mass is 9.81. The topological polar surface area (TPSA) is 71.9 Å². The van der Waals surface area contributed by atoms with Crippen molar-refractivity contribution in [3.8, 4) is 11.3 Å². The number of nitrogens with zero attached hydrogens (tertiary/aromatic N) is 2. The van der Waals surface area contributed by atoms with Crippen molar-refractivity contribution in [1.82, 2.24) is 9.97 Å². The molecule has 1 saturated heterocycles. The van der Waals surface area contributed by atoms with Crippen LogP contribution >= 0.6 is 0 Å². The van der Waals surface area contributed by atoms with Gasteiger partial charge in [0.25, 0.3) is 0 Å². The first-order valence-electron chi connectivity index (χ1n) is 19.6. The molecule has 0 aliphatic carbocycles. The second-order valence-electron chi connectivity index (χ2n) is 14.5. The highest BCUT2D eigenvalue weighted by molar-refractivity contribution is 5.60. The minimum absolute atomic E-state index is 0.204. The van der Waals surface area contributed by atoms with Crippen molar-refractivity contribution in [3.63, 3.8) is 0 Å². The number of aryl methyl sites for hydroxylation is 1. The van der Waals surface area contributed by atoms with Gasteiger partial charge in [-0.05, 0) is 46.4 Å². The minimum Gasteiger partial charge on any atom is -0.374 e. The molecule has 0 bridgehead atoms. The number of alkyl halides is 3. The van der Waals surface area contributed by atoms with Crippen LogP contribution in [-0.4, -0.2) is 47.1 Å².